The standard InChI is InChI=1S/C16H20F3N7/c1-9(7-26-12(16(17,18)19)5-10(2)23-26)6-20-14-13-11(3)24-25(4)15(13)22-8-21-14/h5,8-9H,6-7H2,1-4H3,(H,20,21,22)/t9-/m1/s1. The highest BCUT2D eigenvalue weighted by Gasteiger charge is 2.35. The molecule has 0 aliphatic rings. The molecule has 7 nitrogen and oxygen atoms in total. The number of aryl methyl sites for hydroxylation is 3. The molecule has 0 fully saturated rings. The Kier molecular flexibility index (Phi) is 4.59. The third-order valence-electron chi connectivity index (χ3n) is 4.09. The highest BCUT2D eigenvalue weighted by molar-refractivity contribution is 5.89. The summed E-state index contributed by atoms with van der Waals surface area (Å²) in [4.78, 5) is 8.45. The number of nitrogens with zero attached hydrogens (tertiary/aromatic N) is 6. The summed E-state index contributed by atoms with van der Waals surface area (Å²) in [5.74, 6) is 0.525. The van der Waals surface area contributed by atoms with Crippen LogP contribution in [0.25, 0.3) is 11.0 Å². The molecule has 0 unspecified atom stereocenters. The second-order valence-corrected chi connectivity index (χ2v) is 6.47. The molecule has 1 N–H and O–H groups in total. The molecule has 0 aliphatic heterocycles. The predicted molar refractivity (Wildman–Crippen MR) is 90.7 cm³/mol. The van der Waals surface area contributed by atoms with E-state index in [1.807, 2.05) is 13.8 Å². The van der Waals surface area contributed by atoms with Gasteiger partial charge in [0.15, 0.2) is 5.65 Å². The quantitative estimate of drug-likeness (QED) is 0.751. The van der Waals surface area contributed by atoms with E-state index in [9.17, 15) is 13.2 Å². The molecular weight excluding hydrogens is 347 g/mol. The van der Waals surface area contributed by atoms with Crippen molar-refractivity contribution in [3.05, 3.63) is 29.5 Å². The SMILES string of the molecule is Cc1cc(C(F)(F)F)n(C[C@H](C)CNc2ncnc3c2c(C)nn3C)n1. The van der Waals surface area contributed by atoms with E-state index in [0.717, 1.165) is 21.8 Å². The Morgan fingerprint density at radius 3 is 2.62 bits per heavy atom. The van der Waals surface area contributed by atoms with E-state index in [0.29, 0.717) is 23.7 Å². The number of aromatic nitrogens is 6. The number of rotatable bonds is 5. The van der Waals surface area contributed by atoms with Crippen LogP contribution in [0.3, 0.4) is 0 Å². The Hall–Kier alpha value is -2.65. The average Bonchev–Trinajstić information content (AvgIpc) is 3.06. The molecule has 0 aliphatic carbocycles. The molecule has 140 valence electrons. The van der Waals surface area contributed by atoms with Crippen LogP contribution in [0.4, 0.5) is 19.0 Å². The number of anilines is 1. The van der Waals surface area contributed by atoms with Crippen molar-refractivity contribution in [2.45, 2.75) is 33.5 Å². The van der Waals surface area contributed by atoms with Crippen LogP contribution in [0.5, 0.6) is 0 Å². The molecule has 0 saturated carbocycles. The van der Waals surface area contributed by atoms with Crippen LogP contribution in [-0.2, 0) is 19.8 Å². The monoisotopic (exact) mass is 367 g/mol. The number of halogens is 3. The Morgan fingerprint density at radius 2 is 1.92 bits per heavy atom. The van der Waals surface area contributed by atoms with Crippen LogP contribution >= 0.6 is 0 Å². The maximum Gasteiger partial charge on any atom is 0.433 e. The largest absolute Gasteiger partial charge is 0.433 e. The van der Waals surface area contributed by atoms with E-state index >= 15 is 0 Å². The van der Waals surface area contributed by atoms with E-state index in [1.165, 1.54) is 6.33 Å². The van der Waals surface area contributed by atoms with Gasteiger partial charge in [-0.3, -0.25) is 9.36 Å². The minimum absolute atomic E-state index is 0.0996. The summed E-state index contributed by atoms with van der Waals surface area (Å²) in [7, 11) is 1.80. The zero-order chi connectivity index (χ0) is 19.1. The first-order valence-corrected chi connectivity index (χ1v) is 8.16. The summed E-state index contributed by atoms with van der Waals surface area (Å²) in [6, 6.07) is 1.06. The van der Waals surface area contributed by atoms with Gasteiger partial charge in [-0.05, 0) is 25.8 Å². The summed E-state index contributed by atoms with van der Waals surface area (Å²) >= 11 is 0. The van der Waals surface area contributed by atoms with Crippen molar-refractivity contribution in [2.24, 2.45) is 13.0 Å². The van der Waals surface area contributed by atoms with E-state index in [-0.39, 0.29) is 12.5 Å². The van der Waals surface area contributed by atoms with Crippen molar-refractivity contribution in [3.63, 3.8) is 0 Å². The van der Waals surface area contributed by atoms with Crippen LogP contribution in [0, 0.1) is 19.8 Å². The second kappa shape index (κ2) is 6.58. The Balaban J connectivity index is 1.74. The third-order valence-corrected chi connectivity index (χ3v) is 4.09. The molecule has 0 bridgehead atoms. The van der Waals surface area contributed by atoms with Gasteiger partial charge in [0.1, 0.15) is 17.8 Å². The number of alkyl halides is 3. The van der Waals surface area contributed by atoms with Crippen molar-refractivity contribution in [3.8, 4) is 0 Å². The minimum atomic E-state index is -4.42. The molecule has 0 aromatic carbocycles. The lowest BCUT2D eigenvalue weighted by Gasteiger charge is -2.16. The maximum absolute atomic E-state index is 13.1. The van der Waals surface area contributed by atoms with Crippen molar-refractivity contribution in [1.82, 2.24) is 29.5 Å². The van der Waals surface area contributed by atoms with Crippen molar-refractivity contribution >= 4 is 16.9 Å². The van der Waals surface area contributed by atoms with Gasteiger partial charge in [0.25, 0.3) is 0 Å². The molecule has 3 aromatic rings. The fourth-order valence-corrected chi connectivity index (χ4v) is 2.95. The fraction of sp³-hybridized carbons (Fsp3) is 0.500. The van der Waals surface area contributed by atoms with Gasteiger partial charge in [0, 0.05) is 20.1 Å². The summed E-state index contributed by atoms with van der Waals surface area (Å²) in [6.45, 7) is 5.87. The number of hydrogen-bond donors (Lipinski definition) is 1. The van der Waals surface area contributed by atoms with Crippen LogP contribution in [0.2, 0.25) is 0 Å². The summed E-state index contributed by atoms with van der Waals surface area (Å²) < 4.78 is 41.9. The molecule has 0 spiro atoms. The molecule has 0 amide bonds. The number of hydrogen-bond acceptors (Lipinski definition) is 5. The first-order chi connectivity index (χ1) is 12.2. The third kappa shape index (κ3) is 3.49. The zero-order valence-corrected chi connectivity index (χ0v) is 15.0. The van der Waals surface area contributed by atoms with E-state index in [2.05, 4.69) is 25.5 Å². The minimum Gasteiger partial charge on any atom is -0.369 e. The second-order valence-electron chi connectivity index (χ2n) is 6.47. The highest BCUT2D eigenvalue weighted by Crippen LogP contribution is 2.30. The summed E-state index contributed by atoms with van der Waals surface area (Å²) in [5, 5.41) is 12.3. The van der Waals surface area contributed by atoms with Crippen molar-refractivity contribution in [1.29, 1.82) is 0 Å². The van der Waals surface area contributed by atoms with Gasteiger partial charge in [-0.1, -0.05) is 6.92 Å². The van der Waals surface area contributed by atoms with E-state index < -0.39 is 11.9 Å². The van der Waals surface area contributed by atoms with Crippen LogP contribution < -0.4 is 5.32 Å². The zero-order valence-electron chi connectivity index (χ0n) is 15.0. The van der Waals surface area contributed by atoms with Gasteiger partial charge in [-0.2, -0.15) is 23.4 Å². The van der Waals surface area contributed by atoms with Gasteiger partial charge in [0.05, 0.1) is 16.8 Å². The Morgan fingerprint density at radius 1 is 1.19 bits per heavy atom. The maximum atomic E-state index is 13.1. The highest BCUT2D eigenvalue weighted by atomic mass is 19.4. The first-order valence-electron chi connectivity index (χ1n) is 8.16. The van der Waals surface area contributed by atoms with Gasteiger partial charge >= 0.3 is 6.18 Å². The van der Waals surface area contributed by atoms with Gasteiger partial charge in [-0.15, -0.1) is 0 Å². The summed E-state index contributed by atoms with van der Waals surface area (Å²) in [6.07, 6.45) is -2.98. The predicted octanol–water partition coefficient (Wildman–Crippen LogP) is 2.94. The number of nitrogens with one attached hydrogen (secondary N) is 1. The Labute approximate surface area is 148 Å². The average molecular weight is 367 g/mol. The van der Waals surface area contributed by atoms with Crippen molar-refractivity contribution in [2.75, 3.05) is 11.9 Å². The molecule has 0 saturated heterocycles. The van der Waals surface area contributed by atoms with E-state index in [1.54, 1.807) is 18.7 Å². The normalized spacial score (nSPS) is 13.3. The van der Waals surface area contributed by atoms with Crippen LogP contribution in [-0.4, -0.2) is 36.1 Å². The molecule has 3 aromatic heterocycles. The lowest BCUT2D eigenvalue weighted by atomic mass is 10.1. The number of fused-ring (bicyclic) bond motifs is 1. The molecule has 1 atom stereocenters. The smallest absolute Gasteiger partial charge is 0.369 e. The van der Waals surface area contributed by atoms with Gasteiger partial charge < -0.3 is 5.32 Å². The first kappa shape index (κ1) is 18.2. The fourth-order valence-electron chi connectivity index (χ4n) is 2.95. The van der Waals surface area contributed by atoms with Gasteiger partial charge in [0.2, 0.25) is 0 Å². The summed E-state index contributed by atoms with van der Waals surface area (Å²) in [5.41, 5.74) is 1.12. The van der Waals surface area contributed by atoms with Gasteiger partial charge in [-0.25, -0.2) is 9.97 Å². The lowest BCUT2D eigenvalue weighted by molar-refractivity contribution is -0.144. The van der Waals surface area contributed by atoms with E-state index in [4.69, 9.17) is 0 Å². The molecular formula is C16H20F3N7. The molecule has 10 heteroatoms. The Bertz CT molecular complexity index is 926. The molecule has 3 heterocycles. The van der Waals surface area contributed by atoms with Crippen molar-refractivity contribution < 1.29 is 13.2 Å². The topological polar surface area (TPSA) is 73.5 Å². The van der Waals surface area contributed by atoms with Crippen LogP contribution in [0.1, 0.15) is 24.0 Å². The lowest BCUT2D eigenvalue weighted by Crippen LogP contribution is -2.22. The van der Waals surface area contributed by atoms with Crippen LogP contribution in [0.15, 0.2) is 12.4 Å². The molecule has 26 heavy (non-hydrogen) atoms. The molecule has 3 rings (SSSR count). The molecule has 0 radical (unpaired) electrons.